The maximum Gasteiger partial charge on any atom is 0.242 e. The molecule has 0 aliphatic heterocycles. The number of rotatable bonds is 8. The van der Waals surface area contributed by atoms with Crippen LogP contribution in [-0.4, -0.2) is 53.0 Å². The van der Waals surface area contributed by atoms with Crippen molar-refractivity contribution < 1.29 is 4.79 Å². The number of likely N-dealkylation sites (N-methyl/N-ethyl adjacent to an activating group) is 1. The third-order valence-corrected chi connectivity index (χ3v) is 4.46. The largest absolute Gasteiger partial charge is 0.358 e. The average molecular weight is 394 g/mol. The van der Waals surface area contributed by atoms with Gasteiger partial charge in [-0.25, -0.2) is 9.97 Å². The van der Waals surface area contributed by atoms with Crippen molar-refractivity contribution in [2.24, 2.45) is 0 Å². The molecule has 0 spiro atoms. The smallest absolute Gasteiger partial charge is 0.242 e. The third kappa shape index (κ3) is 4.88. The number of nitrogens with one attached hydrogen (secondary N) is 2. The summed E-state index contributed by atoms with van der Waals surface area (Å²) in [6.45, 7) is 9.54. The van der Waals surface area contributed by atoms with Crippen molar-refractivity contribution in [3.63, 3.8) is 0 Å². The quantitative estimate of drug-likeness (QED) is 0.721. The number of carbonyl (C=O) groups is 1. The number of nitrogens with zero attached hydrogens (tertiary/aromatic N) is 3. The summed E-state index contributed by atoms with van der Waals surface area (Å²) in [4.78, 5) is 23.1. The van der Waals surface area contributed by atoms with Crippen LogP contribution in [0.15, 0.2) is 29.0 Å². The molecular formula is C17H24BrN5O. The molecule has 7 heteroatoms. The number of aromatic nitrogens is 2. The van der Waals surface area contributed by atoms with Crippen LogP contribution in [0.25, 0.3) is 10.9 Å². The Morgan fingerprint density at radius 1 is 1.29 bits per heavy atom. The first kappa shape index (κ1) is 18.6. The summed E-state index contributed by atoms with van der Waals surface area (Å²) in [6.07, 6.45) is 1.50. The summed E-state index contributed by atoms with van der Waals surface area (Å²) < 4.78 is 0.948. The molecule has 6 nitrogen and oxygen atoms in total. The van der Waals surface area contributed by atoms with Crippen LogP contribution in [0.1, 0.15) is 20.8 Å². The second-order valence-electron chi connectivity index (χ2n) is 5.57. The number of hydrogen-bond acceptors (Lipinski definition) is 5. The van der Waals surface area contributed by atoms with Crippen LogP contribution in [0.2, 0.25) is 0 Å². The van der Waals surface area contributed by atoms with E-state index in [1.54, 1.807) is 0 Å². The zero-order chi connectivity index (χ0) is 17.5. The van der Waals surface area contributed by atoms with Crippen LogP contribution in [0, 0.1) is 0 Å². The monoisotopic (exact) mass is 393 g/mol. The molecule has 0 aliphatic rings. The fraction of sp³-hybridized carbons (Fsp3) is 0.471. The van der Waals surface area contributed by atoms with Gasteiger partial charge < -0.3 is 15.5 Å². The highest BCUT2D eigenvalue weighted by Crippen LogP contribution is 2.23. The van der Waals surface area contributed by atoms with E-state index >= 15 is 0 Å². The standard InChI is InChI=1S/C17H24BrN5O/c1-4-23(5-2)9-8-19-17(24)12(3)22-16-14-10-13(18)6-7-15(14)20-11-21-16/h6-7,10-12H,4-5,8-9H2,1-3H3,(H,19,24)(H,20,21,22). The average Bonchev–Trinajstić information content (AvgIpc) is 2.59. The van der Waals surface area contributed by atoms with Crippen molar-refractivity contribution in [3.05, 3.63) is 29.0 Å². The number of benzene rings is 1. The van der Waals surface area contributed by atoms with Gasteiger partial charge in [-0.15, -0.1) is 0 Å². The molecule has 0 radical (unpaired) electrons. The number of anilines is 1. The fourth-order valence-electron chi connectivity index (χ4n) is 2.44. The number of carbonyl (C=O) groups excluding carboxylic acids is 1. The van der Waals surface area contributed by atoms with E-state index in [0.717, 1.165) is 35.0 Å². The molecule has 2 rings (SSSR count). The van der Waals surface area contributed by atoms with Gasteiger partial charge in [-0.05, 0) is 38.2 Å². The van der Waals surface area contributed by atoms with Crippen molar-refractivity contribution in [1.29, 1.82) is 0 Å². The van der Waals surface area contributed by atoms with Gasteiger partial charge in [-0.3, -0.25) is 4.79 Å². The molecule has 0 saturated carbocycles. The van der Waals surface area contributed by atoms with Crippen LogP contribution >= 0.6 is 15.9 Å². The normalized spacial score (nSPS) is 12.4. The van der Waals surface area contributed by atoms with Crippen molar-refractivity contribution in [3.8, 4) is 0 Å². The zero-order valence-corrected chi connectivity index (χ0v) is 15.9. The lowest BCUT2D eigenvalue weighted by Crippen LogP contribution is -2.41. The van der Waals surface area contributed by atoms with Gasteiger partial charge in [0.25, 0.3) is 0 Å². The minimum absolute atomic E-state index is 0.0380. The minimum Gasteiger partial charge on any atom is -0.358 e. The van der Waals surface area contributed by atoms with E-state index in [4.69, 9.17) is 0 Å². The van der Waals surface area contributed by atoms with Crippen LogP contribution in [0.4, 0.5) is 5.82 Å². The summed E-state index contributed by atoms with van der Waals surface area (Å²) in [5, 5.41) is 7.03. The van der Waals surface area contributed by atoms with Gasteiger partial charge in [0.15, 0.2) is 0 Å². The first-order valence-corrected chi connectivity index (χ1v) is 9.01. The molecule has 130 valence electrons. The Morgan fingerprint density at radius 2 is 2.04 bits per heavy atom. The van der Waals surface area contributed by atoms with E-state index in [-0.39, 0.29) is 11.9 Å². The van der Waals surface area contributed by atoms with Crippen molar-refractivity contribution >= 4 is 38.6 Å². The summed E-state index contributed by atoms with van der Waals surface area (Å²) in [7, 11) is 0. The summed E-state index contributed by atoms with van der Waals surface area (Å²) in [5.41, 5.74) is 0.838. The minimum atomic E-state index is -0.376. The summed E-state index contributed by atoms with van der Waals surface area (Å²) in [5.74, 6) is 0.622. The SMILES string of the molecule is CCN(CC)CCNC(=O)C(C)Nc1ncnc2ccc(Br)cc12. The predicted octanol–water partition coefficient (Wildman–Crippen LogP) is 2.65. The molecule has 1 amide bonds. The molecule has 24 heavy (non-hydrogen) atoms. The van der Waals surface area contributed by atoms with Gasteiger partial charge in [0, 0.05) is 22.9 Å². The van der Waals surface area contributed by atoms with E-state index < -0.39 is 0 Å². The highest BCUT2D eigenvalue weighted by atomic mass is 79.9. The van der Waals surface area contributed by atoms with E-state index in [9.17, 15) is 4.79 Å². The van der Waals surface area contributed by atoms with E-state index in [2.05, 4.69) is 55.3 Å². The Labute approximate surface area is 151 Å². The van der Waals surface area contributed by atoms with Crippen LogP contribution in [0.3, 0.4) is 0 Å². The predicted molar refractivity (Wildman–Crippen MR) is 101 cm³/mol. The molecule has 0 fully saturated rings. The molecule has 2 aromatic rings. The third-order valence-electron chi connectivity index (χ3n) is 3.97. The van der Waals surface area contributed by atoms with Gasteiger partial charge in [0.05, 0.1) is 5.52 Å². The van der Waals surface area contributed by atoms with Crippen molar-refractivity contribution in [2.45, 2.75) is 26.8 Å². The number of amides is 1. The maximum atomic E-state index is 12.3. The Bertz CT molecular complexity index is 690. The van der Waals surface area contributed by atoms with E-state index in [0.29, 0.717) is 12.4 Å². The zero-order valence-electron chi connectivity index (χ0n) is 14.3. The molecule has 1 aromatic carbocycles. The molecule has 1 atom stereocenters. The molecular weight excluding hydrogens is 370 g/mol. The topological polar surface area (TPSA) is 70.2 Å². The second kappa shape index (κ2) is 8.94. The lowest BCUT2D eigenvalue weighted by atomic mass is 10.2. The lowest BCUT2D eigenvalue weighted by molar-refractivity contribution is -0.121. The van der Waals surface area contributed by atoms with Gasteiger partial charge in [0.1, 0.15) is 18.2 Å². The summed E-state index contributed by atoms with van der Waals surface area (Å²) in [6, 6.07) is 5.42. The summed E-state index contributed by atoms with van der Waals surface area (Å²) >= 11 is 3.46. The Balaban J connectivity index is 1.98. The Kier molecular flexibility index (Phi) is 6.93. The number of halogens is 1. The molecule has 1 heterocycles. The van der Waals surface area contributed by atoms with Gasteiger partial charge in [-0.2, -0.15) is 0 Å². The number of fused-ring (bicyclic) bond motifs is 1. The number of hydrogen-bond donors (Lipinski definition) is 2. The molecule has 1 unspecified atom stereocenters. The van der Waals surface area contributed by atoms with E-state index in [1.807, 2.05) is 25.1 Å². The molecule has 0 aliphatic carbocycles. The van der Waals surface area contributed by atoms with Crippen molar-refractivity contribution in [2.75, 3.05) is 31.5 Å². The lowest BCUT2D eigenvalue weighted by Gasteiger charge is -2.20. The molecule has 2 N–H and O–H groups in total. The second-order valence-corrected chi connectivity index (χ2v) is 6.48. The molecule has 0 saturated heterocycles. The maximum absolute atomic E-state index is 12.3. The highest BCUT2D eigenvalue weighted by molar-refractivity contribution is 9.10. The Hall–Kier alpha value is -1.73. The van der Waals surface area contributed by atoms with E-state index in [1.165, 1.54) is 6.33 Å². The van der Waals surface area contributed by atoms with Crippen LogP contribution < -0.4 is 10.6 Å². The first-order chi connectivity index (χ1) is 11.5. The fourth-order valence-corrected chi connectivity index (χ4v) is 2.81. The van der Waals surface area contributed by atoms with Gasteiger partial charge in [0.2, 0.25) is 5.91 Å². The molecule has 1 aromatic heterocycles. The van der Waals surface area contributed by atoms with Crippen LogP contribution in [-0.2, 0) is 4.79 Å². The van der Waals surface area contributed by atoms with Gasteiger partial charge in [-0.1, -0.05) is 29.8 Å². The highest BCUT2D eigenvalue weighted by Gasteiger charge is 2.14. The van der Waals surface area contributed by atoms with Crippen LogP contribution in [0.5, 0.6) is 0 Å². The Morgan fingerprint density at radius 3 is 2.75 bits per heavy atom. The molecule has 0 bridgehead atoms. The van der Waals surface area contributed by atoms with Crippen molar-refractivity contribution in [1.82, 2.24) is 20.2 Å². The first-order valence-electron chi connectivity index (χ1n) is 8.22. The van der Waals surface area contributed by atoms with Gasteiger partial charge >= 0.3 is 0 Å².